The molecule has 4 N–H and O–H groups in total. The Balaban J connectivity index is 1.07. The van der Waals surface area contributed by atoms with Gasteiger partial charge in [-0.3, -0.25) is 29.5 Å². The fourth-order valence-corrected chi connectivity index (χ4v) is 5.23. The number of carbonyl (C=O) groups excluding carboxylic acids is 2. The first-order chi connectivity index (χ1) is 24.0. The first-order valence-electron chi connectivity index (χ1n) is 15.1. The molecule has 0 spiro atoms. The van der Waals surface area contributed by atoms with Crippen LogP contribution in [0.2, 0.25) is 0 Å². The maximum Gasteiger partial charge on any atom is 0.338 e. The third-order valence-electron chi connectivity index (χ3n) is 7.70. The standard InChI is InChI=1S/C36H26N6O8/c43-29(25-3-1-5-27(19-25)41-33(47)37-31(45)38-34(41)48)17-23-13-9-21(10-14-23)7-8-22-11-15-24(16-12-22)18-30(44)26-4-2-6-28(20-26)42-35(49)39-32(46)40-36(42)50/h1-16,19-20H,17-18H2,(H2,37,38,45,47,48)(H2,39,40,46,49,50)/b8-7+. The van der Waals surface area contributed by atoms with Crippen molar-refractivity contribution in [3.05, 3.63) is 193 Å². The molecule has 0 atom stereocenters. The maximum absolute atomic E-state index is 13.0. The van der Waals surface area contributed by atoms with E-state index >= 15 is 0 Å². The number of H-pyrrole nitrogens is 4. The predicted molar refractivity (Wildman–Crippen MR) is 184 cm³/mol. The van der Waals surface area contributed by atoms with Gasteiger partial charge in [-0.1, -0.05) is 84.9 Å². The summed E-state index contributed by atoms with van der Waals surface area (Å²) < 4.78 is 1.47. The van der Waals surface area contributed by atoms with Crippen LogP contribution in [0.25, 0.3) is 23.5 Å². The van der Waals surface area contributed by atoms with Crippen LogP contribution in [-0.2, 0) is 12.8 Å². The Labute approximate surface area is 279 Å². The number of carbonyl (C=O) groups is 2. The summed E-state index contributed by atoms with van der Waals surface area (Å²) >= 11 is 0. The highest BCUT2D eigenvalue weighted by Gasteiger charge is 2.13. The molecule has 0 radical (unpaired) electrons. The van der Waals surface area contributed by atoms with E-state index < -0.39 is 34.1 Å². The zero-order valence-electron chi connectivity index (χ0n) is 26.0. The molecule has 2 heterocycles. The van der Waals surface area contributed by atoms with Crippen molar-refractivity contribution < 1.29 is 9.59 Å². The average molecular weight is 671 g/mol. The summed E-state index contributed by atoms with van der Waals surface area (Å²) in [6, 6.07) is 26.8. The zero-order chi connectivity index (χ0) is 35.4. The first kappa shape index (κ1) is 32.7. The highest BCUT2D eigenvalue weighted by Crippen LogP contribution is 2.16. The number of Topliss-reactive ketones (excluding diaryl/α,β-unsaturated/α-hetero) is 2. The van der Waals surface area contributed by atoms with Crippen LogP contribution in [0, 0.1) is 0 Å². The van der Waals surface area contributed by atoms with Crippen LogP contribution in [0.3, 0.4) is 0 Å². The minimum atomic E-state index is -0.920. The summed E-state index contributed by atoms with van der Waals surface area (Å²) in [7, 11) is 0. The Morgan fingerprint density at radius 1 is 0.480 bits per heavy atom. The van der Waals surface area contributed by atoms with Crippen molar-refractivity contribution in [1.82, 2.24) is 29.1 Å². The van der Waals surface area contributed by atoms with E-state index in [2.05, 4.69) is 0 Å². The summed E-state index contributed by atoms with van der Waals surface area (Å²) in [5, 5.41) is 0. The van der Waals surface area contributed by atoms with Crippen LogP contribution in [0.15, 0.2) is 126 Å². The Bertz CT molecular complexity index is 2400. The zero-order valence-corrected chi connectivity index (χ0v) is 26.0. The van der Waals surface area contributed by atoms with Gasteiger partial charge < -0.3 is 0 Å². The van der Waals surface area contributed by atoms with Crippen molar-refractivity contribution in [2.24, 2.45) is 0 Å². The van der Waals surface area contributed by atoms with Crippen molar-refractivity contribution in [2.75, 3.05) is 0 Å². The number of ketones is 2. The van der Waals surface area contributed by atoms with Gasteiger partial charge in [-0.2, -0.15) is 0 Å². The molecule has 14 nitrogen and oxygen atoms in total. The molecule has 0 fully saturated rings. The Morgan fingerprint density at radius 2 is 0.820 bits per heavy atom. The first-order valence-corrected chi connectivity index (χ1v) is 15.1. The lowest BCUT2D eigenvalue weighted by Gasteiger charge is -2.07. The van der Waals surface area contributed by atoms with Gasteiger partial charge in [-0.15, -0.1) is 0 Å². The van der Waals surface area contributed by atoms with E-state index in [0.717, 1.165) is 31.4 Å². The minimum Gasteiger partial charge on any atom is -0.294 e. The second kappa shape index (κ2) is 13.9. The summed E-state index contributed by atoms with van der Waals surface area (Å²) in [6.07, 6.45) is 3.97. The van der Waals surface area contributed by atoms with Crippen LogP contribution in [0.1, 0.15) is 43.0 Å². The smallest absolute Gasteiger partial charge is 0.294 e. The SMILES string of the molecule is O=C(Cc1ccc(/C=C/c2ccc(CC(=O)c3cccc(-n4c(=O)[nH]c(=O)[nH]c4=O)c3)cc2)cc1)c1cccc(-n2c(=O)[nH]c(=O)[nH]c2=O)c1. The Kier molecular flexibility index (Phi) is 9.07. The van der Waals surface area contributed by atoms with Gasteiger partial charge in [0.15, 0.2) is 11.6 Å². The molecule has 4 aromatic carbocycles. The van der Waals surface area contributed by atoms with Crippen molar-refractivity contribution in [1.29, 1.82) is 0 Å². The van der Waals surface area contributed by atoms with Crippen molar-refractivity contribution in [3.8, 4) is 11.4 Å². The number of benzene rings is 4. The van der Waals surface area contributed by atoms with E-state index in [1.807, 2.05) is 80.6 Å². The molecule has 0 aliphatic heterocycles. The summed E-state index contributed by atoms with van der Waals surface area (Å²) in [6.45, 7) is 0. The molecule has 6 aromatic rings. The van der Waals surface area contributed by atoms with E-state index in [1.54, 1.807) is 24.3 Å². The third kappa shape index (κ3) is 7.34. The quantitative estimate of drug-likeness (QED) is 0.124. The summed E-state index contributed by atoms with van der Waals surface area (Å²) in [4.78, 5) is 105. The second-order valence-electron chi connectivity index (χ2n) is 11.2. The molecular formula is C36H26N6O8. The maximum atomic E-state index is 13.0. The lowest BCUT2D eigenvalue weighted by molar-refractivity contribution is 0.0984. The Morgan fingerprint density at radius 3 is 1.16 bits per heavy atom. The van der Waals surface area contributed by atoms with E-state index in [9.17, 15) is 38.4 Å². The van der Waals surface area contributed by atoms with Gasteiger partial charge in [0.05, 0.1) is 11.4 Å². The lowest BCUT2D eigenvalue weighted by atomic mass is 10.0. The molecule has 14 heteroatoms. The molecule has 0 unspecified atom stereocenters. The monoisotopic (exact) mass is 670 g/mol. The molecule has 248 valence electrons. The normalized spacial score (nSPS) is 11.1. The fraction of sp³-hybridized carbons (Fsp3) is 0.0556. The Hall–Kier alpha value is -7.22. The van der Waals surface area contributed by atoms with E-state index in [-0.39, 0.29) is 35.8 Å². The topological polar surface area (TPSA) is 210 Å². The van der Waals surface area contributed by atoms with Crippen LogP contribution in [-0.4, -0.2) is 40.6 Å². The second-order valence-corrected chi connectivity index (χ2v) is 11.2. The van der Waals surface area contributed by atoms with Crippen LogP contribution in [0.5, 0.6) is 0 Å². The molecule has 6 rings (SSSR count). The minimum absolute atomic E-state index is 0.0821. The molecule has 0 saturated carbocycles. The van der Waals surface area contributed by atoms with Crippen molar-refractivity contribution in [2.45, 2.75) is 12.8 Å². The molecule has 0 aliphatic carbocycles. The van der Waals surface area contributed by atoms with Gasteiger partial charge in [0.25, 0.3) is 0 Å². The van der Waals surface area contributed by atoms with Gasteiger partial charge >= 0.3 is 34.1 Å². The van der Waals surface area contributed by atoms with Crippen LogP contribution in [0.4, 0.5) is 0 Å². The van der Waals surface area contributed by atoms with Crippen LogP contribution < -0.4 is 34.1 Å². The largest absolute Gasteiger partial charge is 0.338 e. The van der Waals surface area contributed by atoms with Crippen molar-refractivity contribution >= 4 is 23.7 Å². The highest BCUT2D eigenvalue weighted by atomic mass is 16.2. The van der Waals surface area contributed by atoms with Gasteiger partial charge in [-0.25, -0.2) is 37.9 Å². The van der Waals surface area contributed by atoms with E-state index in [1.165, 1.54) is 24.3 Å². The van der Waals surface area contributed by atoms with Gasteiger partial charge in [0.2, 0.25) is 0 Å². The number of aromatic nitrogens is 6. The molecular weight excluding hydrogens is 644 g/mol. The summed E-state index contributed by atoms with van der Waals surface area (Å²) in [5.74, 6) is -0.454. The van der Waals surface area contributed by atoms with E-state index in [4.69, 9.17) is 0 Å². The molecule has 2 aromatic heterocycles. The molecule has 50 heavy (non-hydrogen) atoms. The van der Waals surface area contributed by atoms with Crippen molar-refractivity contribution in [3.63, 3.8) is 0 Å². The number of nitrogens with one attached hydrogen (secondary N) is 4. The van der Waals surface area contributed by atoms with E-state index in [0.29, 0.717) is 11.1 Å². The number of hydrogen-bond donors (Lipinski definition) is 4. The predicted octanol–water partition coefficient (Wildman–Crippen LogP) is 1.76. The lowest BCUT2D eigenvalue weighted by Crippen LogP contribution is -2.42. The summed E-state index contributed by atoms with van der Waals surface area (Å²) in [5.41, 5.74) is -1.33. The van der Waals surface area contributed by atoms with Crippen LogP contribution >= 0.6 is 0 Å². The molecule has 0 amide bonds. The number of rotatable bonds is 10. The number of hydrogen-bond acceptors (Lipinski definition) is 8. The fourth-order valence-electron chi connectivity index (χ4n) is 5.23. The van der Waals surface area contributed by atoms with Gasteiger partial charge in [0, 0.05) is 24.0 Å². The highest BCUT2D eigenvalue weighted by molar-refractivity contribution is 5.98. The number of aromatic amines is 4. The third-order valence-corrected chi connectivity index (χ3v) is 7.70. The van der Waals surface area contributed by atoms with Gasteiger partial charge in [0.1, 0.15) is 0 Å². The average Bonchev–Trinajstić information content (AvgIpc) is 3.08. The number of nitrogens with zero attached hydrogens (tertiary/aromatic N) is 2. The molecule has 0 bridgehead atoms. The molecule has 0 aliphatic rings. The molecule has 0 saturated heterocycles. The van der Waals surface area contributed by atoms with Gasteiger partial charge in [-0.05, 0) is 46.5 Å².